The van der Waals surface area contributed by atoms with Crippen LogP contribution in [0.2, 0.25) is 0 Å². The highest BCUT2D eigenvalue weighted by Crippen LogP contribution is 2.44. The topological polar surface area (TPSA) is 77.5 Å². The number of methoxy groups -OCH3 is 1. The normalized spacial score (nSPS) is 14.8. The molecular formula is C36H56NO6P. The van der Waals surface area contributed by atoms with E-state index in [0.29, 0.717) is 19.8 Å². The van der Waals surface area contributed by atoms with Gasteiger partial charge >= 0.3 is 7.82 Å². The number of hydrogen-bond donors (Lipinski definition) is 1. The number of hydrogen-bond acceptors (Lipinski definition) is 6. The van der Waals surface area contributed by atoms with Crippen molar-refractivity contribution in [3.63, 3.8) is 0 Å². The van der Waals surface area contributed by atoms with Crippen molar-refractivity contribution in [2.75, 3.05) is 26.9 Å². The van der Waals surface area contributed by atoms with Gasteiger partial charge in [-0.3, -0.25) is 9.42 Å². The molecule has 44 heavy (non-hydrogen) atoms. The third-order valence-corrected chi connectivity index (χ3v) is 9.02. The van der Waals surface area contributed by atoms with Crippen LogP contribution >= 0.6 is 7.82 Å². The van der Waals surface area contributed by atoms with Gasteiger partial charge in [-0.2, -0.15) is 0 Å². The predicted molar refractivity (Wildman–Crippen MR) is 179 cm³/mol. The van der Waals surface area contributed by atoms with Gasteiger partial charge in [0.15, 0.2) is 0 Å². The number of phosphoric ester groups is 1. The summed E-state index contributed by atoms with van der Waals surface area (Å²) in [5.74, 6) is 0.290. The number of ether oxygens (including phenoxy) is 2. The summed E-state index contributed by atoms with van der Waals surface area (Å²) in [7, 11) is -2.78. The van der Waals surface area contributed by atoms with Gasteiger partial charge in [-0.25, -0.2) is 4.57 Å². The van der Waals surface area contributed by atoms with Crippen LogP contribution in [0.3, 0.4) is 0 Å². The smallest absolute Gasteiger partial charge is 0.404 e. The van der Waals surface area contributed by atoms with Crippen molar-refractivity contribution in [3.05, 3.63) is 71.4 Å². The third-order valence-electron chi connectivity index (χ3n) is 8.10. The number of benzene rings is 2. The highest BCUT2D eigenvalue weighted by molar-refractivity contribution is 7.47. The Morgan fingerprint density at radius 3 is 2.18 bits per heavy atom. The molecule has 8 heteroatoms. The molecule has 1 heterocycles. The lowest BCUT2D eigenvalue weighted by Gasteiger charge is -2.25. The molecule has 0 saturated carbocycles. The van der Waals surface area contributed by atoms with E-state index < -0.39 is 13.9 Å². The van der Waals surface area contributed by atoms with Crippen LogP contribution < -0.4 is 4.52 Å². The van der Waals surface area contributed by atoms with Crippen LogP contribution in [0.1, 0.15) is 114 Å². The molecule has 0 bridgehead atoms. The second-order valence-corrected chi connectivity index (χ2v) is 13.3. The maximum Gasteiger partial charge on any atom is 0.527 e. The maximum absolute atomic E-state index is 12.7. The van der Waals surface area contributed by atoms with Crippen molar-refractivity contribution in [2.24, 2.45) is 0 Å². The Morgan fingerprint density at radius 2 is 1.50 bits per heavy atom. The average molecular weight is 630 g/mol. The van der Waals surface area contributed by atoms with E-state index in [4.69, 9.17) is 18.5 Å². The molecular weight excluding hydrogens is 573 g/mol. The molecule has 7 nitrogen and oxygen atoms in total. The van der Waals surface area contributed by atoms with Crippen LogP contribution in [0, 0.1) is 0 Å². The minimum absolute atomic E-state index is 0.0965. The van der Waals surface area contributed by atoms with Gasteiger partial charge in [-0.1, -0.05) is 127 Å². The summed E-state index contributed by atoms with van der Waals surface area (Å²) in [5, 5.41) is 0. The first-order valence-electron chi connectivity index (χ1n) is 16.9. The van der Waals surface area contributed by atoms with E-state index in [1.807, 2.05) is 24.3 Å². The van der Waals surface area contributed by atoms with E-state index in [2.05, 4.69) is 36.2 Å². The van der Waals surface area contributed by atoms with Crippen LogP contribution in [0.5, 0.6) is 5.75 Å². The Hall–Kier alpha value is -2.15. The lowest BCUT2D eigenvalue weighted by Crippen LogP contribution is -2.24. The summed E-state index contributed by atoms with van der Waals surface area (Å²) >= 11 is 0. The predicted octanol–water partition coefficient (Wildman–Crippen LogP) is 9.68. The molecule has 1 N–H and O–H groups in total. The molecule has 2 aromatic rings. The molecule has 3 rings (SSSR count). The Bertz CT molecular complexity index is 1130. The van der Waals surface area contributed by atoms with Gasteiger partial charge < -0.3 is 18.9 Å². The van der Waals surface area contributed by atoms with Gasteiger partial charge in [0.1, 0.15) is 11.9 Å². The Kier molecular flexibility index (Phi) is 17.8. The van der Waals surface area contributed by atoms with Crippen molar-refractivity contribution in [3.8, 4) is 5.75 Å². The average Bonchev–Trinajstić information content (AvgIpc) is 3.02. The van der Waals surface area contributed by atoms with Crippen molar-refractivity contribution < 1.29 is 28.0 Å². The molecule has 246 valence electrons. The quantitative estimate of drug-likeness (QED) is 0.0865. The Balaban J connectivity index is 1.22. The van der Waals surface area contributed by atoms with Crippen molar-refractivity contribution in [1.29, 1.82) is 0 Å². The van der Waals surface area contributed by atoms with Gasteiger partial charge in [-0.05, 0) is 41.3 Å². The molecule has 0 aromatic heterocycles. The van der Waals surface area contributed by atoms with E-state index in [1.165, 1.54) is 88.2 Å². The molecule has 0 spiro atoms. The second kappa shape index (κ2) is 21.6. The molecule has 0 fully saturated rings. The summed E-state index contributed by atoms with van der Waals surface area (Å²) in [5.41, 5.74) is 3.47. The lowest BCUT2D eigenvalue weighted by atomic mass is 10.0. The van der Waals surface area contributed by atoms with Gasteiger partial charge in [-0.15, -0.1) is 0 Å². The zero-order valence-electron chi connectivity index (χ0n) is 27.2. The summed E-state index contributed by atoms with van der Waals surface area (Å²) in [6.07, 6.45) is 22.2. The summed E-state index contributed by atoms with van der Waals surface area (Å²) in [4.78, 5) is 12.5. The van der Waals surface area contributed by atoms with Gasteiger partial charge in [0.25, 0.3) is 0 Å². The first-order chi connectivity index (χ1) is 21.5. The van der Waals surface area contributed by atoms with E-state index in [0.717, 1.165) is 24.9 Å². The molecule has 2 unspecified atom stereocenters. The summed E-state index contributed by atoms with van der Waals surface area (Å²) in [6.45, 7) is 4.58. The fourth-order valence-electron chi connectivity index (χ4n) is 5.48. The molecule has 0 saturated heterocycles. The van der Waals surface area contributed by atoms with Crippen molar-refractivity contribution >= 4 is 13.9 Å². The van der Waals surface area contributed by atoms with Crippen LogP contribution in [0.25, 0.3) is 6.08 Å². The first kappa shape index (κ1) is 36.3. The minimum atomic E-state index is -4.33. The van der Waals surface area contributed by atoms with Crippen LogP contribution in [0.4, 0.5) is 0 Å². The molecule has 0 amide bonds. The number of unbranched alkanes of at least 4 members (excludes halogenated alkanes) is 13. The van der Waals surface area contributed by atoms with Crippen LogP contribution in [-0.4, -0.2) is 42.8 Å². The standard InChI is InChI=1S/C36H56NO6P/c1-3-4-5-6-7-8-9-10-11-12-13-14-15-18-26-41-30-36(40-2)31-42-44(38,39)43-35-23-19-20-32(27-35)28-37-25-24-33-21-16-17-22-34(33)29-37/h16-17,19-25,27,36H,3-15,18,26,28-31H2,1-2H3,(H,38,39). The molecule has 1 aliphatic heterocycles. The number of fused-ring (bicyclic) bond motifs is 1. The molecule has 2 aromatic carbocycles. The SMILES string of the molecule is CCCCCCCCCCCCCCCCOCC(COP(=O)(O)Oc1cccc(CN2C=Cc3ccccc3C2)c1)OC. The van der Waals surface area contributed by atoms with Crippen molar-refractivity contribution in [1.82, 2.24) is 4.90 Å². The monoisotopic (exact) mass is 629 g/mol. The fourth-order valence-corrected chi connectivity index (χ4v) is 6.26. The van der Waals surface area contributed by atoms with E-state index in [9.17, 15) is 9.46 Å². The fraction of sp³-hybridized carbons (Fsp3) is 0.611. The molecule has 0 radical (unpaired) electrons. The van der Waals surface area contributed by atoms with Gasteiger partial charge in [0.05, 0.1) is 13.2 Å². The highest BCUT2D eigenvalue weighted by atomic mass is 31.2. The van der Waals surface area contributed by atoms with Crippen molar-refractivity contribution in [2.45, 2.75) is 116 Å². The first-order valence-corrected chi connectivity index (χ1v) is 18.3. The Morgan fingerprint density at radius 1 is 0.841 bits per heavy atom. The highest BCUT2D eigenvalue weighted by Gasteiger charge is 2.25. The summed E-state index contributed by atoms with van der Waals surface area (Å²) in [6, 6.07) is 15.5. The van der Waals surface area contributed by atoms with Gasteiger partial charge in [0.2, 0.25) is 0 Å². The van der Waals surface area contributed by atoms with E-state index in [-0.39, 0.29) is 12.4 Å². The minimum Gasteiger partial charge on any atom is -0.404 e. The zero-order valence-corrected chi connectivity index (χ0v) is 28.1. The number of phosphoric acid groups is 1. The number of nitrogens with zero attached hydrogens (tertiary/aromatic N) is 1. The lowest BCUT2D eigenvalue weighted by molar-refractivity contribution is -0.0197. The van der Waals surface area contributed by atoms with E-state index >= 15 is 0 Å². The van der Waals surface area contributed by atoms with Gasteiger partial charge in [0, 0.05) is 33.0 Å². The maximum atomic E-state index is 12.7. The second-order valence-electron chi connectivity index (χ2n) is 12.0. The van der Waals surface area contributed by atoms with Crippen LogP contribution in [-0.2, 0) is 31.7 Å². The molecule has 0 aliphatic carbocycles. The molecule has 1 aliphatic rings. The summed E-state index contributed by atoms with van der Waals surface area (Å²) < 4.78 is 34.4. The van der Waals surface area contributed by atoms with E-state index in [1.54, 1.807) is 19.2 Å². The molecule has 2 atom stereocenters. The zero-order chi connectivity index (χ0) is 31.3. The third kappa shape index (κ3) is 15.2. The largest absolute Gasteiger partial charge is 0.527 e. The van der Waals surface area contributed by atoms with Crippen LogP contribution in [0.15, 0.2) is 54.7 Å². The number of rotatable bonds is 25. The Labute approximate surface area is 266 Å².